The van der Waals surface area contributed by atoms with Crippen LogP contribution in [0.4, 0.5) is 26.2 Å². The second-order valence-corrected chi connectivity index (χ2v) is 5.69. The number of nitrogens with zero attached hydrogens (tertiary/aromatic N) is 4. The summed E-state index contributed by atoms with van der Waals surface area (Å²) in [7, 11) is 3.14. The highest BCUT2D eigenvalue weighted by molar-refractivity contribution is 5.54. The zero-order chi connectivity index (χ0) is 18.7. The summed E-state index contributed by atoms with van der Waals surface area (Å²) >= 11 is 0. The van der Waals surface area contributed by atoms with Crippen LogP contribution < -0.4 is 15.4 Å². The molecule has 0 spiro atoms. The summed E-state index contributed by atoms with van der Waals surface area (Å²) < 4.78 is 34.0. The Kier molecular flexibility index (Phi) is 4.97. The number of rotatable bonds is 6. The van der Waals surface area contributed by atoms with Gasteiger partial charge in [0.15, 0.2) is 11.6 Å². The van der Waals surface area contributed by atoms with E-state index in [0.29, 0.717) is 17.3 Å². The number of nitrogens with one attached hydrogen (secondary N) is 2. The largest absolute Gasteiger partial charge is 0.493 e. The first-order valence-corrected chi connectivity index (χ1v) is 7.81. The molecule has 0 unspecified atom stereocenters. The molecule has 3 aromatic rings. The van der Waals surface area contributed by atoms with Crippen molar-refractivity contribution in [1.82, 2.24) is 19.7 Å². The fourth-order valence-corrected chi connectivity index (χ4v) is 2.45. The molecule has 136 valence electrons. The number of benzene rings is 1. The van der Waals surface area contributed by atoms with E-state index in [1.165, 1.54) is 13.2 Å². The number of anilines is 3. The first-order chi connectivity index (χ1) is 12.5. The number of aryl methyl sites for hydroxylation is 2. The lowest BCUT2D eigenvalue weighted by molar-refractivity contribution is 0.379. The van der Waals surface area contributed by atoms with Crippen molar-refractivity contribution in [3.63, 3.8) is 0 Å². The molecular weight excluding hydrogens is 342 g/mol. The van der Waals surface area contributed by atoms with E-state index in [1.807, 2.05) is 6.92 Å². The van der Waals surface area contributed by atoms with Crippen LogP contribution in [-0.2, 0) is 13.6 Å². The van der Waals surface area contributed by atoms with Crippen LogP contribution in [0.2, 0.25) is 0 Å². The molecule has 3 rings (SSSR count). The van der Waals surface area contributed by atoms with Crippen LogP contribution in [0.3, 0.4) is 0 Å². The zero-order valence-electron chi connectivity index (χ0n) is 14.5. The van der Waals surface area contributed by atoms with Gasteiger partial charge in [0.05, 0.1) is 19.0 Å². The molecule has 2 heterocycles. The standard InChI is InChI=1S/C17H18F2N6O/c1-10-6-21-17(23-13-8-22-25(2)9-13)24-16(10)20-7-11-4-12(18)5-14(19)15(11)26-3/h4-6,8-9H,7H2,1-3H3,(H2,20,21,23,24). The van der Waals surface area contributed by atoms with Gasteiger partial charge in [-0.25, -0.2) is 13.8 Å². The molecule has 0 aliphatic rings. The fourth-order valence-electron chi connectivity index (χ4n) is 2.45. The Morgan fingerprint density at radius 1 is 1.23 bits per heavy atom. The van der Waals surface area contributed by atoms with Crippen molar-refractivity contribution in [2.75, 3.05) is 17.7 Å². The minimum Gasteiger partial charge on any atom is -0.493 e. The predicted octanol–water partition coefficient (Wildman–Crippen LogP) is 3.16. The number of methoxy groups -OCH3 is 1. The molecule has 0 amide bonds. The van der Waals surface area contributed by atoms with Crippen molar-refractivity contribution in [2.45, 2.75) is 13.5 Å². The molecule has 0 saturated heterocycles. The lowest BCUT2D eigenvalue weighted by Crippen LogP contribution is -2.08. The quantitative estimate of drug-likeness (QED) is 0.703. The number of aromatic nitrogens is 4. The van der Waals surface area contributed by atoms with E-state index in [0.717, 1.165) is 17.3 Å². The van der Waals surface area contributed by atoms with E-state index in [4.69, 9.17) is 4.74 Å². The first-order valence-electron chi connectivity index (χ1n) is 7.81. The average Bonchev–Trinajstić information content (AvgIpc) is 3.00. The Morgan fingerprint density at radius 3 is 2.73 bits per heavy atom. The van der Waals surface area contributed by atoms with E-state index in [1.54, 1.807) is 30.3 Å². The normalized spacial score (nSPS) is 10.7. The van der Waals surface area contributed by atoms with Crippen molar-refractivity contribution in [3.8, 4) is 5.75 Å². The van der Waals surface area contributed by atoms with Crippen LogP contribution in [0, 0.1) is 18.6 Å². The Labute approximate surface area is 149 Å². The lowest BCUT2D eigenvalue weighted by atomic mass is 10.2. The first kappa shape index (κ1) is 17.6. The van der Waals surface area contributed by atoms with Gasteiger partial charge in [-0.1, -0.05) is 0 Å². The van der Waals surface area contributed by atoms with Gasteiger partial charge in [-0.2, -0.15) is 10.1 Å². The number of halogens is 2. The Balaban J connectivity index is 1.79. The van der Waals surface area contributed by atoms with Crippen molar-refractivity contribution >= 4 is 17.5 Å². The summed E-state index contributed by atoms with van der Waals surface area (Å²) in [6, 6.07) is 2.01. The van der Waals surface area contributed by atoms with Gasteiger partial charge in [0.25, 0.3) is 0 Å². The van der Waals surface area contributed by atoms with Gasteiger partial charge in [0, 0.05) is 43.2 Å². The van der Waals surface area contributed by atoms with Crippen LogP contribution in [0.1, 0.15) is 11.1 Å². The summed E-state index contributed by atoms with van der Waals surface area (Å²) in [5.41, 5.74) is 1.89. The highest BCUT2D eigenvalue weighted by Gasteiger charge is 2.13. The summed E-state index contributed by atoms with van der Waals surface area (Å²) in [6.45, 7) is 1.97. The smallest absolute Gasteiger partial charge is 0.229 e. The summed E-state index contributed by atoms with van der Waals surface area (Å²) in [5.74, 6) is -0.498. The average molecular weight is 360 g/mol. The predicted molar refractivity (Wildman–Crippen MR) is 93.5 cm³/mol. The molecule has 0 atom stereocenters. The summed E-state index contributed by atoms with van der Waals surface area (Å²) in [5, 5.41) is 10.2. The van der Waals surface area contributed by atoms with Crippen LogP contribution in [0.25, 0.3) is 0 Å². The summed E-state index contributed by atoms with van der Waals surface area (Å²) in [6.07, 6.45) is 5.09. The highest BCUT2D eigenvalue weighted by atomic mass is 19.1. The van der Waals surface area contributed by atoms with E-state index in [2.05, 4.69) is 25.7 Å². The molecule has 26 heavy (non-hydrogen) atoms. The number of ether oxygens (including phenoxy) is 1. The second kappa shape index (κ2) is 7.34. The van der Waals surface area contributed by atoms with Gasteiger partial charge in [-0.15, -0.1) is 0 Å². The summed E-state index contributed by atoms with van der Waals surface area (Å²) in [4.78, 5) is 8.61. The van der Waals surface area contributed by atoms with Gasteiger partial charge in [0.1, 0.15) is 11.6 Å². The van der Waals surface area contributed by atoms with Crippen LogP contribution in [0.15, 0.2) is 30.7 Å². The molecular formula is C17H18F2N6O. The molecule has 2 N–H and O–H groups in total. The maximum absolute atomic E-state index is 13.8. The lowest BCUT2D eigenvalue weighted by Gasteiger charge is -2.13. The van der Waals surface area contributed by atoms with Gasteiger partial charge in [0.2, 0.25) is 5.95 Å². The van der Waals surface area contributed by atoms with Crippen molar-refractivity contribution < 1.29 is 13.5 Å². The van der Waals surface area contributed by atoms with Crippen molar-refractivity contribution in [1.29, 1.82) is 0 Å². The third-order valence-corrected chi connectivity index (χ3v) is 3.67. The molecule has 0 fully saturated rings. The third kappa shape index (κ3) is 3.88. The molecule has 0 bridgehead atoms. The Hall–Kier alpha value is -3.23. The zero-order valence-corrected chi connectivity index (χ0v) is 14.5. The second-order valence-electron chi connectivity index (χ2n) is 5.69. The molecule has 0 saturated carbocycles. The molecule has 7 nitrogen and oxygen atoms in total. The van der Waals surface area contributed by atoms with Crippen LogP contribution in [0.5, 0.6) is 5.75 Å². The van der Waals surface area contributed by atoms with Crippen LogP contribution >= 0.6 is 0 Å². The van der Waals surface area contributed by atoms with Crippen molar-refractivity contribution in [3.05, 3.63) is 53.5 Å². The minimum atomic E-state index is -0.748. The van der Waals surface area contributed by atoms with Gasteiger partial charge in [-0.05, 0) is 13.0 Å². The van der Waals surface area contributed by atoms with Crippen molar-refractivity contribution in [2.24, 2.45) is 7.05 Å². The molecule has 0 aliphatic carbocycles. The fraction of sp³-hybridized carbons (Fsp3) is 0.235. The third-order valence-electron chi connectivity index (χ3n) is 3.67. The van der Waals surface area contributed by atoms with Gasteiger partial charge in [-0.3, -0.25) is 4.68 Å². The van der Waals surface area contributed by atoms with E-state index in [-0.39, 0.29) is 12.3 Å². The highest BCUT2D eigenvalue weighted by Crippen LogP contribution is 2.25. The number of hydrogen-bond acceptors (Lipinski definition) is 6. The molecule has 0 aliphatic heterocycles. The van der Waals surface area contributed by atoms with E-state index in [9.17, 15) is 8.78 Å². The van der Waals surface area contributed by atoms with Gasteiger partial charge >= 0.3 is 0 Å². The Bertz CT molecular complexity index is 928. The maximum Gasteiger partial charge on any atom is 0.229 e. The Morgan fingerprint density at radius 2 is 2.04 bits per heavy atom. The molecule has 1 aromatic carbocycles. The van der Waals surface area contributed by atoms with E-state index >= 15 is 0 Å². The number of hydrogen-bond donors (Lipinski definition) is 2. The molecule has 0 radical (unpaired) electrons. The maximum atomic E-state index is 13.8. The van der Waals surface area contributed by atoms with Crippen LogP contribution in [-0.4, -0.2) is 26.9 Å². The van der Waals surface area contributed by atoms with E-state index < -0.39 is 11.6 Å². The molecule has 9 heteroatoms. The minimum absolute atomic E-state index is 0.000632. The van der Waals surface area contributed by atoms with Gasteiger partial charge < -0.3 is 15.4 Å². The SMILES string of the molecule is COc1c(F)cc(F)cc1CNc1nc(Nc2cnn(C)c2)ncc1C. The molecule has 2 aromatic heterocycles. The topological polar surface area (TPSA) is 76.9 Å². The monoisotopic (exact) mass is 360 g/mol.